The van der Waals surface area contributed by atoms with Crippen LogP contribution in [0.3, 0.4) is 0 Å². The van der Waals surface area contributed by atoms with Crippen molar-refractivity contribution < 1.29 is 9.53 Å². The van der Waals surface area contributed by atoms with Crippen LogP contribution >= 0.6 is 0 Å². The molecule has 0 saturated heterocycles. The Bertz CT molecular complexity index is 375. The van der Waals surface area contributed by atoms with E-state index in [1.807, 2.05) is 27.7 Å². The Kier molecular flexibility index (Phi) is 4.88. The van der Waals surface area contributed by atoms with E-state index >= 15 is 0 Å². The smallest absolute Gasteiger partial charge is 0.407 e. The second-order valence-electron chi connectivity index (χ2n) is 5.06. The summed E-state index contributed by atoms with van der Waals surface area (Å²) < 4.78 is 5.14. The van der Waals surface area contributed by atoms with Crippen molar-refractivity contribution in [1.29, 1.82) is 0 Å². The van der Waals surface area contributed by atoms with Gasteiger partial charge in [0.1, 0.15) is 11.9 Å². The van der Waals surface area contributed by atoms with Gasteiger partial charge in [0.05, 0.1) is 18.1 Å². The second kappa shape index (κ2) is 6.18. The van der Waals surface area contributed by atoms with Crippen molar-refractivity contribution in [3.8, 4) is 0 Å². The van der Waals surface area contributed by atoms with Crippen molar-refractivity contribution in [3.05, 3.63) is 18.7 Å². The molecule has 0 spiro atoms. The van der Waals surface area contributed by atoms with Crippen LogP contribution in [-0.4, -0.2) is 34.2 Å². The van der Waals surface area contributed by atoms with Crippen LogP contribution in [0, 0.1) is 0 Å². The molecule has 2 N–H and O–H groups in total. The Morgan fingerprint density at radius 2 is 2.00 bits per heavy atom. The third-order valence-corrected chi connectivity index (χ3v) is 1.93. The highest BCUT2D eigenvalue weighted by Gasteiger charge is 2.16. The van der Waals surface area contributed by atoms with Gasteiger partial charge in [-0.3, -0.25) is 0 Å². The molecule has 0 aliphatic rings. The van der Waals surface area contributed by atoms with Crippen molar-refractivity contribution in [3.63, 3.8) is 0 Å². The molecule has 1 heterocycles. The minimum atomic E-state index is -0.478. The van der Waals surface area contributed by atoms with Crippen molar-refractivity contribution >= 4 is 11.8 Å². The number of amides is 1. The van der Waals surface area contributed by atoms with Gasteiger partial charge in [0.15, 0.2) is 0 Å². The number of ether oxygens (including phenoxy) is 1. The van der Waals surface area contributed by atoms with Crippen LogP contribution in [0.4, 0.5) is 10.5 Å². The minimum Gasteiger partial charge on any atom is -0.444 e. The number of nitrogens with one attached hydrogen (secondary N) is 2. The van der Waals surface area contributed by atoms with Crippen molar-refractivity contribution in [2.75, 3.05) is 11.9 Å². The molecule has 0 aliphatic carbocycles. The molecule has 6 nitrogen and oxygen atoms in total. The molecule has 18 heavy (non-hydrogen) atoms. The van der Waals surface area contributed by atoms with Gasteiger partial charge in [-0.25, -0.2) is 14.8 Å². The van der Waals surface area contributed by atoms with Crippen molar-refractivity contribution in [2.45, 2.75) is 39.3 Å². The largest absolute Gasteiger partial charge is 0.444 e. The van der Waals surface area contributed by atoms with Gasteiger partial charge in [-0.15, -0.1) is 0 Å². The standard InChI is InChI=1S/C12H20N4O2/c1-9(16-10-6-13-8-14-7-10)5-15-11(17)18-12(2,3)4/h6-9,16H,5H2,1-4H3,(H,15,17). The number of alkyl carbamates (subject to hydrolysis) is 1. The molecule has 0 bridgehead atoms. The van der Waals surface area contributed by atoms with Crippen LogP contribution in [0.5, 0.6) is 0 Å². The van der Waals surface area contributed by atoms with E-state index in [2.05, 4.69) is 20.6 Å². The number of rotatable bonds is 4. The first kappa shape index (κ1) is 14.2. The van der Waals surface area contributed by atoms with E-state index in [-0.39, 0.29) is 6.04 Å². The summed E-state index contributed by atoms with van der Waals surface area (Å²) >= 11 is 0. The lowest BCUT2D eigenvalue weighted by Gasteiger charge is -2.21. The second-order valence-corrected chi connectivity index (χ2v) is 5.06. The lowest BCUT2D eigenvalue weighted by Crippen LogP contribution is -2.38. The molecule has 1 aromatic heterocycles. The van der Waals surface area contributed by atoms with Gasteiger partial charge in [-0.05, 0) is 27.7 Å². The SMILES string of the molecule is CC(CNC(=O)OC(C)(C)C)Nc1cncnc1. The van der Waals surface area contributed by atoms with Crippen LogP contribution in [0.1, 0.15) is 27.7 Å². The summed E-state index contributed by atoms with van der Waals surface area (Å²) in [4.78, 5) is 19.2. The molecule has 6 heteroatoms. The van der Waals surface area contributed by atoms with Crippen LogP contribution < -0.4 is 10.6 Å². The number of carbonyl (C=O) groups is 1. The fraction of sp³-hybridized carbons (Fsp3) is 0.583. The zero-order valence-corrected chi connectivity index (χ0v) is 11.2. The van der Waals surface area contributed by atoms with E-state index in [0.29, 0.717) is 6.54 Å². The minimum absolute atomic E-state index is 0.0588. The average Bonchev–Trinajstić information content (AvgIpc) is 2.25. The Balaban J connectivity index is 2.29. The first-order chi connectivity index (χ1) is 8.37. The highest BCUT2D eigenvalue weighted by molar-refractivity contribution is 5.67. The van der Waals surface area contributed by atoms with Gasteiger partial charge in [0.25, 0.3) is 0 Å². The fourth-order valence-electron chi connectivity index (χ4n) is 1.26. The third-order valence-electron chi connectivity index (χ3n) is 1.93. The lowest BCUT2D eigenvalue weighted by atomic mass is 10.2. The molecule has 1 aromatic rings. The number of carbonyl (C=O) groups excluding carboxylic acids is 1. The lowest BCUT2D eigenvalue weighted by molar-refractivity contribution is 0.0526. The molecule has 100 valence electrons. The zero-order chi connectivity index (χ0) is 13.6. The average molecular weight is 252 g/mol. The Labute approximate surface area is 107 Å². The Morgan fingerprint density at radius 1 is 1.39 bits per heavy atom. The summed E-state index contributed by atoms with van der Waals surface area (Å²) in [6.07, 6.45) is 4.41. The van der Waals surface area contributed by atoms with Gasteiger partial charge >= 0.3 is 6.09 Å². The van der Waals surface area contributed by atoms with E-state index in [4.69, 9.17) is 4.74 Å². The maximum atomic E-state index is 11.4. The number of hydrogen-bond acceptors (Lipinski definition) is 5. The van der Waals surface area contributed by atoms with Gasteiger partial charge in [0, 0.05) is 12.6 Å². The van der Waals surface area contributed by atoms with E-state index in [1.54, 1.807) is 12.4 Å². The van der Waals surface area contributed by atoms with Gasteiger partial charge in [-0.2, -0.15) is 0 Å². The molecule has 0 aromatic carbocycles. The Hall–Kier alpha value is -1.85. The first-order valence-corrected chi connectivity index (χ1v) is 5.85. The zero-order valence-electron chi connectivity index (χ0n) is 11.2. The highest BCUT2D eigenvalue weighted by Crippen LogP contribution is 2.06. The predicted octanol–water partition coefficient (Wildman–Crippen LogP) is 1.80. The van der Waals surface area contributed by atoms with E-state index < -0.39 is 11.7 Å². The normalized spacial score (nSPS) is 12.7. The summed E-state index contributed by atoms with van der Waals surface area (Å²) in [5.74, 6) is 0. The molecule has 1 rings (SSSR count). The number of anilines is 1. The molecule has 1 amide bonds. The van der Waals surface area contributed by atoms with Crippen LogP contribution in [0.15, 0.2) is 18.7 Å². The first-order valence-electron chi connectivity index (χ1n) is 5.85. The quantitative estimate of drug-likeness (QED) is 0.854. The topological polar surface area (TPSA) is 76.1 Å². The molecular formula is C12H20N4O2. The monoisotopic (exact) mass is 252 g/mol. The molecule has 0 radical (unpaired) electrons. The number of aromatic nitrogens is 2. The summed E-state index contributed by atoms with van der Waals surface area (Å²) in [6.45, 7) is 7.90. The van der Waals surface area contributed by atoms with Gasteiger partial charge in [0.2, 0.25) is 0 Å². The van der Waals surface area contributed by atoms with Crippen molar-refractivity contribution in [2.24, 2.45) is 0 Å². The maximum Gasteiger partial charge on any atom is 0.407 e. The fourth-order valence-corrected chi connectivity index (χ4v) is 1.26. The highest BCUT2D eigenvalue weighted by atomic mass is 16.6. The Morgan fingerprint density at radius 3 is 2.56 bits per heavy atom. The molecule has 0 saturated carbocycles. The van der Waals surface area contributed by atoms with Crippen LogP contribution in [0.25, 0.3) is 0 Å². The summed E-state index contributed by atoms with van der Waals surface area (Å²) in [5.41, 5.74) is 0.338. The van der Waals surface area contributed by atoms with E-state index in [1.165, 1.54) is 6.33 Å². The molecular weight excluding hydrogens is 232 g/mol. The number of nitrogens with zero attached hydrogens (tertiary/aromatic N) is 2. The molecule has 0 fully saturated rings. The molecule has 0 aliphatic heterocycles. The maximum absolute atomic E-state index is 11.4. The predicted molar refractivity (Wildman–Crippen MR) is 69.4 cm³/mol. The number of hydrogen-bond donors (Lipinski definition) is 2. The van der Waals surface area contributed by atoms with E-state index in [9.17, 15) is 4.79 Å². The van der Waals surface area contributed by atoms with Crippen molar-refractivity contribution in [1.82, 2.24) is 15.3 Å². The summed E-state index contributed by atoms with van der Waals surface area (Å²) in [5, 5.41) is 5.86. The summed E-state index contributed by atoms with van der Waals surface area (Å²) in [6, 6.07) is 0.0588. The van der Waals surface area contributed by atoms with Gasteiger partial charge < -0.3 is 15.4 Å². The summed E-state index contributed by atoms with van der Waals surface area (Å²) in [7, 11) is 0. The molecule has 1 atom stereocenters. The third kappa shape index (κ3) is 6.03. The van der Waals surface area contributed by atoms with Gasteiger partial charge in [-0.1, -0.05) is 0 Å². The van der Waals surface area contributed by atoms with E-state index in [0.717, 1.165) is 5.69 Å². The van der Waals surface area contributed by atoms with Crippen LogP contribution in [0.2, 0.25) is 0 Å². The van der Waals surface area contributed by atoms with Crippen LogP contribution in [-0.2, 0) is 4.74 Å². The molecule has 1 unspecified atom stereocenters.